The number of rotatable bonds is 6. The van der Waals surface area contributed by atoms with Gasteiger partial charge in [0.05, 0.1) is 15.9 Å². The van der Waals surface area contributed by atoms with Crippen molar-refractivity contribution < 1.29 is 13.2 Å². The molecule has 0 amide bonds. The normalized spacial score (nSPS) is 11.7. The van der Waals surface area contributed by atoms with Crippen LogP contribution in [0.25, 0.3) is 0 Å². The molecule has 9 heteroatoms. The molecule has 2 aromatic rings. The first kappa shape index (κ1) is 19.0. The zero-order chi connectivity index (χ0) is 17.9. The van der Waals surface area contributed by atoms with E-state index in [0.717, 1.165) is 4.31 Å². The summed E-state index contributed by atoms with van der Waals surface area (Å²) in [6, 6.07) is 7.63. The van der Waals surface area contributed by atoms with Crippen LogP contribution in [-0.4, -0.2) is 38.0 Å². The number of nitrogens with zero attached hydrogens (tertiary/aromatic N) is 2. The second-order valence-corrected chi connectivity index (χ2v) is 8.55. The van der Waals surface area contributed by atoms with Gasteiger partial charge in [-0.2, -0.15) is 0 Å². The summed E-state index contributed by atoms with van der Waals surface area (Å²) in [6.45, 7) is 0.413. The van der Waals surface area contributed by atoms with Crippen molar-refractivity contribution in [2.24, 2.45) is 0 Å². The van der Waals surface area contributed by atoms with Crippen LogP contribution < -0.4 is 10.3 Å². The molecule has 6 nitrogen and oxygen atoms in total. The van der Waals surface area contributed by atoms with Crippen molar-refractivity contribution in [1.29, 1.82) is 0 Å². The van der Waals surface area contributed by atoms with Gasteiger partial charge in [-0.15, -0.1) is 0 Å². The molecule has 0 fully saturated rings. The van der Waals surface area contributed by atoms with Crippen molar-refractivity contribution in [2.75, 3.05) is 20.7 Å². The molecule has 1 aromatic heterocycles. The van der Waals surface area contributed by atoms with E-state index in [1.165, 1.54) is 37.0 Å². The van der Waals surface area contributed by atoms with Crippen LogP contribution in [0, 0.1) is 0 Å². The van der Waals surface area contributed by atoms with Gasteiger partial charge in [0.15, 0.2) is 0 Å². The first-order valence-corrected chi connectivity index (χ1v) is 9.54. The molecule has 0 aliphatic rings. The molecule has 0 saturated heterocycles. The molecule has 0 spiro atoms. The van der Waals surface area contributed by atoms with Crippen molar-refractivity contribution in [2.45, 2.75) is 11.4 Å². The molecule has 0 radical (unpaired) electrons. The lowest BCUT2D eigenvalue weighted by Gasteiger charge is -2.14. The Labute approximate surface area is 153 Å². The predicted molar refractivity (Wildman–Crippen MR) is 96.2 cm³/mol. The molecule has 0 aliphatic heterocycles. The van der Waals surface area contributed by atoms with Crippen LogP contribution in [-0.2, 0) is 16.6 Å². The molecule has 0 bridgehead atoms. The topological polar surface area (TPSA) is 68.6 Å². The number of ether oxygens (including phenoxy) is 1. The monoisotopic (exact) mass is 434 g/mol. The van der Waals surface area contributed by atoms with E-state index in [9.17, 15) is 13.2 Å². The van der Waals surface area contributed by atoms with Crippen molar-refractivity contribution in [3.63, 3.8) is 0 Å². The Morgan fingerprint density at radius 1 is 1.25 bits per heavy atom. The van der Waals surface area contributed by atoms with Crippen LogP contribution in [0.15, 0.2) is 50.7 Å². The van der Waals surface area contributed by atoms with Gasteiger partial charge in [0.2, 0.25) is 10.0 Å². The van der Waals surface area contributed by atoms with E-state index in [1.807, 2.05) is 0 Å². The minimum absolute atomic E-state index is 0.0553. The Balaban J connectivity index is 2.14. The van der Waals surface area contributed by atoms with Gasteiger partial charge in [0, 0.05) is 31.4 Å². The highest BCUT2D eigenvalue weighted by Crippen LogP contribution is 2.27. The third-order valence-electron chi connectivity index (χ3n) is 3.22. The van der Waals surface area contributed by atoms with Gasteiger partial charge in [-0.05, 0) is 40.2 Å². The summed E-state index contributed by atoms with van der Waals surface area (Å²) in [5.74, 6) is 0.588. The lowest BCUT2D eigenvalue weighted by molar-refractivity contribution is 0.294. The van der Waals surface area contributed by atoms with Crippen molar-refractivity contribution in [3.8, 4) is 5.75 Å². The minimum atomic E-state index is -3.59. The van der Waals surface area contributed by atoms with Gasteiger partial charge >= 0.3 is 0 Å². The molecule has 1 heterocycles. The minimum Gasteiger partial charge on any atom is -0.491 e. The van der Waals surface area contributed by atoms with Crippen molar-refractivity contribution in [1.82, 2.24) is 8.87 Å². The van der Waals surface area contributed by atoms with E-state index < -0.39 is 10.0 Å². The quantitative estimate of drug-likeness (QED) is 0.699. The Hall–Kier alpha value is -1.35. The van der Waals surface area contributed by atoms with Gasteiger partial charge < -0.3 is 9.30 Å². The highest BCUT2D eigenvalue weighted by atomic mass is 79.9. The molecule has 0 N–H and O–H groups in total. The zero-order valence-electron chi connectivity index (χ0n) is 13.1. The molecular weight excluding hydrogens is 420 g/mol. The van der Waals surface area contributed by atoms with Gasteiger partial charge in [0.1, 0.15) is 12.4 Å². The fourth-order valence-electron chi connectivity index (χ4n) is 1.89. The summed E-state index contributed by atoms with van der Waals surface area (Å²) in [7, 11) is -0.721. The SMILES string of the molecule is CN(C)S(=O)(=O)c1ccc(=O)n(CCOc2ccc(Cl)cc2Br)c1. The summed E-state index contributed by atoms with van der Waals surface area (Å²) in [5.41, 5.74) is -0.300. The molecule has 0 atom stereocenters. The molecule has 130 valence electrons. The number of hydrogen-bond acceptors (Lipinski definition) is 4. The van der Waals surface area contributed by atoms with Gasteiger partial charge in [-0.1, -0.05) is 11.6 Å². The molecule has 0 unspecified atom stereocenters. The Kier molecular flexibility index (Phi) is 6.08. The van der Waals surface area contributed by atoms with Crippen molar-refractivity contribution >= 4 is 37.6 Å². The van der Waals surface area contributed by atoms with Gasteiger partial charge in [-0.25, -0.2) is 12.7 Å². The van der Waals surface area contributed by atoms with Crippen LogP contribution in [0.4, 0.5) is 0 Å². The summed E-state index contributed by atoms with van der Waals surface area (Å²) in [4.78, 5) is 11.9. The fraction of sp³-hybridized carbons (Fsp3) is 0.267. The highest BCUT2D eigenvalue weighted by Gasteiger charge is 2.18. The highest BCUT2D eigenvalue weighted by molar-refractivity contribution is 9.10. The van der Waals surface area contributed by atoms with E-state index in [0.29, 0.717) is 15.2 Å². The van der Waals surface area contributed by atoms with Crippen LogP contribution >= 0.6 is 27.5 Å². The standard InChI is InChI=1S/C15H16BrClN2O4S/c1-18(2)24(21,22)12-4-6-15(20)19(10-12)7-8-23-14-5-3-11(17)9-13(14)16/h3-6,9-10H,7-8H2,1-2H3. The summed E-state index contributed by atoms with van der Waals surface area (Å²) in [5, 5.41) is 0.576. The molecule has 24 heavy (non-hydrogen) atoms. The molecule has 0 aliphatic carbocycles. The number of halogens is 2. The fourth-order valence-corrected chi connectivity index (χ4v) is 3.61. The average Bonchev–Trinajstić information content (AvgIpc) is 2.50. The maximum atomic E-state index is 12.1. The lowest BCUT2D eigenvalue weighted by Crippen LogP contribution is -2.27. The van der Waals surface area contributed by atoms with Crippen LogP contribution in [0.2, 0.25) is 5.02 Å². The van der Waals surface area contributed by atoms with E-state index >= 15 is 0 Å². The van der Waals surface area contributed by atoms with E-state index in [1.54, 1.807) is 18.2 Å². The van der Waals surface area contributed by atoms with Crippen LogP contribution in [0.3, 0.4) is 0 Å². The number of sulfonamides is 1. The zero-order valence-corrected chi connectivity index (χ0v) is 16.2. The average molecular weight is 436 g/mol. The third-order valence-corrected chi connectivity index (χ3v) is 5.87. The molecule has 1 aromatic carbocycles. The third kappa shape index (κ3) is 4.38. The Morgan fingerprint density at radius 3 is 2.58 bits per heavy atom. The second-order valence-electron chi connectivity index (χ2n) is 5.11. The number of hydrogen-bond donors (Lipinski definition) is 0. The first-order valence-electron chi connectivity index (χ1n) is 6.92. The maximum absolute atomic E-state index is 12.1. The van der Waals surface area contributed by atoms with Crippen LogP contribution in [0.5, 0.6) is 5.75 Å². The first-order chi connectivity index (χ1) is 11.2. The molecular formula is C15H16BrClN2O4S. The number of pyridine rings is 1. The summed E-state index contributed by atoms with van der Waals surface area (Å²) in [6.07, 6.45) is 1.32. The van der Waals surface area contributed by atoms with Gasteiger partial charge in [0.25, 0.3) is 5.56 Å². The lowest BCUT2D eigenvalue weighted by atomic mass is 10.3. The number of aromatic nitrogens is 1. The van der Waals surface area contributed by atoms with E-state index in [2.05, 4.69) is 15.9 Å². The van der Waals surface area contributed by atoms with Crippen LogP contribution in [0.1, 0.15) is 0 Å². The molecule has 0 saturated carbocycles. The van der Waals surface area contributed by atoms with Crippen molar-refractivity contribution in [3.05, 3.63) is 56.4 Å². The Bertz CT molecular complexity index is 897. The number of benzene rings is 1. The Morgan fingerprint density at radius 2 is 1.96 bits per heavy atom. The summed E-state index contributed by atoms with van der Waals surface area (Å²) >= 11 is 9.20. The van der Waals surface area contributed by atoms with Gasteiger partial charge in [-0.3, -0.25) is 4.79 Å². The summed E-state index contributed by atoms with van der Waals surface area (Å²) < 4.78 is 33.0. The predicted octanol–water partition coefficient (Wildman–Crippen LogP) is 2.59. The van der Waals surface area contributed by atoms with E-state index in [4.69, 9.17) is 16.3 Å². The smallest absolute Gasteiger partial charge is 0.250 e. The maximum Gasteiger partial charge on any atom is 0.250 e. The van der Waals surface area contributed by atoms with E-state index in [-0.39, 0.29) is 23.6 Å². The second kappa shape index (κ2) is 7.69. The molecule has 2 rings (SSSR count). The largest absolute Gasteiger partial charge is 0.491 e.